The predicted molar refractivity (Wildman–Crippen MR) is 53.8 cm³/mol. The zero-order valence-corrected chi connectivity index (χ0v) is 8.72. The molecule has 0 N–H and O–H groups in total. The van der Waals surface area contributed by atoms with Crippen LogP contribution >= 0.6 is 35.8 Å². The first-order valence-corrected chi connectivity index (χ1v) is 4.62. The first-order chi connectivity index (χ1) is 5.54. The molecular weight excluding hydrogens is 218 g/mol. The molecule has 66 valence electrons. The summed E-state index contributed by atoms with van der Waals surface area (Å²) in [5.41, 5.74) is 0.543. The van der Waals surface area contributed by atoms with Crippen molar-refractivity contribution in [2.75, 3.05) is 0 Å². The van der Waals surface area contributed by atoms with E-state index in [4.69, 9.17) is 23.2 Å². The van der Waals surface area contributed by atoms with Gasteiger partial charge in [0.1, 0.15) is 5.82 Å². The molecule has 1 unspecified atom stereocenters. The molecule has 1 aromatic rings. The van der Waals surface area contributed by atoms with E-state index in [0.717, 1.165) is 0 Å². The molecule has 0 saturated carbocycles. The van der Waals surface area contributed by atoms with Gasteiger partial charge in [0.15, 0.2) is 0 Å². The van der Waals surface area contributed by atoms with Gasteiger partial charge in [0.05, 0.1) is 5.02 Å². The van der Waals surface area contributed by atoms with E-state index in [1.807, 2.05) is 0 Å². The van der Waals surface area contributed by atoms with E-state index in [1.54, 1.807) is 6.92 Å². The van der Waals surface area contributed by atoms with Gasteiger partial charge in [0, 0.05) is 15.8 Å². The van der Waals surface area contributed by atoms with Crippen molar-refractivity contribution in [3.05, 3.63) is 33.6 Å². The van der Waals surface area contributed by atoms with Gasteiger partial charge in [-0.05, 0) is 19.1 Å². The minimum atomic E-state index is -0.461. The highest BCUT2D eigenvalue weighted by atomic mass is 35.5. The van der Waals surface area contributed by atoms with Crippen molar-refractivity contribution in [1.29, 1.82) is 0 Å². The number of thiol groups is 1. The molecule has 0 amide bonds. The molecular formula is C8H7Cl2FS. The molecule has 0 saturated heterocycles. The summed E-state index contributed by atoms with van der Waals surface area (Å²) in [4.78, 5) is 0. The van der Waals surface area contributed by atoms with Gasteiger partial charge in [-0.3, -0.25) is 0 Å². The minimum Gasteiger partial charge on any atom is -0.205 e. The predicted octanol–water partition coefficient (Wildman–Crippen LogP) is 4.12. The molecule has 0 aromatic heterocycles. The van der Waals surface area contributed by atoms with Crippen molar-refractivity contribution in [3.63, 3.8) is 0 Å². The van der Waals surface area contributed by atoms with E-state index in [2.05, 4.69) is 12.6 Å². The Bertz CT molecular complexity index is 299. The summed E-state index contributed by atoms with van der Waals surface area (Å²) in [6, 6.07) is 2.72. The first kappa shape index (κ1) is 10.2. The highest BCUT2D eigenvalue weighted by Crippen LogP contribution is 2.34. The van der Waals surface area contributed by atoms with Crippen LogP contribution in [0, 0.1) is 5.82 Å². The van der Waals surface area contributed by atoms with Crippen LogP contribution in [-0.2, 0) is 0 Å². The molecule has 1 aromatic carbocycles. The van der Waals surface area contributed by atoms with Crippen LogP contribution in [0.1, 0.15) is 17.7 Å². The summed E-state index contributed by atoms with van der Waals surface area (Å²) in [6.07, 6.45) is 0. The molecule has 0 fully saturated rings. The second-order valence-corrected chi connectivity index (χ2v) is 3.99. The van der Waals surface area contributed by atoms with E-state index in [9.17, 15) is 4.39 Å². The quantitative estimate of drug-likeness (QED) is 0.539. The number of benzene rings is 1. The number of hydrogen-bond acceptors (Lipinski definition) is 1. The molecule has 0 aliphatic heterocycles. The van der Waals surface area contributed by atoms with Crippen molar-refractivity contribution in [2.24, 2.45) is 0 Å². The Morgan fingerprint density at radius 3 is 2.42 bits per heavy atom. The SMILES string of the molecule is CC(S)c1c(Cl)ccc(F)c1Cl. The van der Waals surface area contributed by atoms with Crippen molar-refractivity contribution < 1.29 is 4.39 Å². The first-order valence-electron chi connectivity index (χ1n) is 3.35. The molecule has 0 bridgehead atoms. The number of rotatable bonds is 1. The average molecular weight is 225 g/mol. The van der Waals surface area contributed by atoms with Gasteiger partial charge in [0.2, 0.25) is 0 Å². The van der Waals surface area contributed by atoms with Gasteiger partial charge in [-0.25, -0.2) is 4.39 Å². The standard InChI is InChI=1S/C8H7Cl2FS/c1-4(12)7-5(9)2-3-6(11)8(7)10/h2-4,12H,1H3. The Labute approximate surface area is 86.1 Å². The van der Waals surface area contributed by atoms with E-state index >= 15 is 0 Å². The molecule has 0 nitrogen and oxygen atoms in total. The van der Waals surface area contributed by atoms with Crippen LogP contribution in [0.15, 0.2) is 12.1 Å². The molecule has 1 rings (SSSR count). The van der Waals surface area contributed by atoms with Gasteiger partial charge in [0.25, 0.3) is 0 Å². The monoisotopic (exact) mass is 224 g/mol. The normalized spacial score (nSPS) is 13.1. The van der Waals surface area contributed by atoms with Gasteiger partial charge >= 0.3 is 0 Å². The average Bonchev–Trinajstić information content (AvgIpc) is 1.97. The fraction of sp³-hybridized carbons (Fsp3) is 0.250. The maximum Gasteiger partial charge on any atom is 0.142 e. The second-order valence-electron chi connectivity index (χ2n) is 2.43. The molecule has 0 radical (unpaired) electrons. The lowest BCUT2D eigenvalue weighted by Crippen LogP contribution is -1.91. The minimum absolute atomic E-state index is 0.0602. The Morgan fingerprint density at radius 2 is 2.00 bits per heavy atom. The van der Waals surface area contributed by atoms with Crippen LogP contribution in [0.25, 0.3) is 0 Å². The Hall–Kier alpha value is 0.0800. The summed E-state index contributed by atoms with van der Waals surface area (Å²) in [6.45, 7) is 1.79. The maximum atomic E-state index is 12.9. The summed E-state index contributed by atoms with van der Waals surface area (Å²) in [7, 11) is 0. The summed E-state index contributed by atoms with van der Waals surface area (Å²) < 4.78 is 12.9. The van der Waals surface area contributed by atoms with Crippen LogP contribution in [0.4, 0.5) is 4.39 Å². The zero-order chi connectivity index (χ0) is 9.30. The largest absolute Gasteiger partial charge is 0.205 e. The molecule has 0 aliphatic rings. The van der Waals surface area contributed by atoms with Crippen LogP contribution in [0.5, 0.6) is 0 Å². The Morgan fingerprint density at radius 1 is 1.42 bits per heavy atom. The zero-order valence-electron chi connectivity index (χ0n) is 6.31. The van der Waals surface area contributed by atoms with Crippen molar-refractivity contribution in [2.45, 2.75) is 12.2 Å². The third-order valence-corrected chi connectivity index (χ3v) is 2.47. The van der Waals surface area contributed by atoms with E-state index in [0.29, 0.717) is 10.6 Å². The summed E-state index contributed by atoms with van der Waals surface area (Å²) in [5.74, 6) is -0.461. The second kappa shape index (κ2) is 3.86. The number of hydrogen-bond donors (Lipinski definition) is 1. The molecule has 0 spiro atoms. The fourth-order valence-corrected chi connectivity index (χ4v) is 2.04. The van der Waals surface area contributed by atoms with E-state index in [1.165, 1.54) is 12.1 Å². The van der Waals surface area contributed by atoms with Crippen molar-refractivity contribution in [3.8, 4) is 0 Å². The van der Waals surface area contributed by atoms with Gasteiger partial charge in [-0.2, -0.15) is 12.6 Å². The Balaban J connectivity index is 3.33. The number of halogens is 3. The van der Waals surface area contributed by atoms with Gasteiger partial charge in [-0.15, -0.1) is 0 Å². The van der Waals surface area contributed by atoms with Gasteiger partial charge < -0.3 is 0 Å². The highest BCUT2D eigenvalue weighted by molar-refractivity contribution is 7.80. The highest BCUT2D eigenvalue weighted by Gasteiger charge is 2.13. The third-order valence-electron chi connectivity index (χ3n) is 1.50. The van der Waals surface area contributed by atoms with Crippen LogP contribution in [0.2, 0.25) is 10.0 Å². The third kappa shape index (κ3) is 1.87. The van der Waals surface area contributed by atoms with Gasteiger partial charge in [-0.1, -0.05) is 23.2 Å². The fourth-order valence-electron chi connectivity index (χ4n) is 0.926. The topological polar surface area (TPSA) is 0 Å². The Kier molecular flexibility index (Phi) is 3.27. The van der Waals surface area contributed by atoms with E-state index in [-0.39, 0.29) is 10.3 Å². The summed E-state index contributed by atoms with van der Waals surface area (Å²) in [5, 5.41) is 0.342. The molecule has 1 atom stereocenters. The molecule has 12 heavy (non-hydrogen) atoms. The van der Waals surface area contributed by atoms with Crippen molar-refractivity contribution in [1.82, 2.24) is 0 Å². The van der Waals surface area contributed by atoms with Crippen LogP contribution in [-0.4, -0.2) is 0 Å². The molecule has 4 heteroatoms. The van der Waals surface area contributed by atoms with E-state index < -0.39 is 5.82 Å². The van der Waals surface area contributed by atoms with Crippen LogP contribution < -0.4 is 0 Å². The lowest BCUT2D eigenvalue weighted by molar-refractivity contribution is 0.626. The smallest absolute Gasteiger partial charge is 0.142 e. The van der Waals surface area contributed by atoms with Crippen molar-refractivity contribution >= 4 is 35.8 Å². The maximum absolute atomic E-state index is 12.9. The lowest BCUT2D eigenvalue weighted by Gasteiger charge is -2.09. The summed E-state index contributed by atoms with van der Waals surface area (Å²) >= 11 is 15.6. The van der Waals surface area contributed by atoms with Crippen LogP contribution in [0.3, 0.4) is 0 Å². The lowest BCUT2D eigenvalue weighted by atomic mass is 10.1. The molecule has 0 aliphatic carbocycles. The molecule has 0 heterocycles.